The summed E-state index contributed by atoms with van der Waals surface area (Å²) in [6, 6.07) is 10.4. The summed E-state index contributed by atoms with van der Waals surface area (Å²) < 4.78 is 0. The topological polar surface area (TPSA) is 69.6 Å². The van der Waals surface area contributed by atoms with E-state index >= 15 is 0 Å². The molecule has 1 aliphatic rings. The first-order chi connectivity index (χ1) is 10.6. The Kier molecular flexibility index (Phi) is 5.95. The Hall–Kier alpha value is -1.88. The largest absolute Gasteiger partial charge is 0.480 e. The van der Waals surface area contributed by atoms with Crippen molar-refractivity contribution < 1.29 is 14.7 Å². The van der Waals surface area contributed by atoms with Crippen LogP contribution in [0, 0.1) is 0 Å². The summed E-state index contributed by atoms with van der Waals surface area (Å²) in [5, 5.41) is 11.9. The first-order valence-corrected chi connectivity index (χ1v) is 7.87. The lowest BCUT2D eigenvalue weighted by Crippen LogP contribution is -2.54. The van der Waals surface area contributed by atoms with Crippen molar-refractivity contribution in [2.45, 2.75) is 44.7 Å². The van der Waals surface area contributed by atoms with Crippen LogP contribution in [0.4, 0.5) is 0 Å². The van der Waals surface area contributed by atoms with Crippen molar-refractivity contribution in [1.29, 1.82) is 0 Å². The van der Waals surface area contributed by atoms with Gasteiger partial charge in [0.05, 0.1) is 6.54 Å². The summed E-state index contributed by atoms with van der Waals surface area (Å²) >= 11 is 0. The molecule has 2 N–H and O–H groups in total. The molecule has 0 spiro atoms. The highest BCUT2D eigenvalue weighted by Gasteiger charge is 2.34. The third-order valence-electron chi connectivity index (χ3n) is 4.22. The van der Waals surface area contributed by atoms with Crippen LogP contribution in [0.15, 0.2) is 30.3 Å². The molecule has 1 fully saturated rings. The lowest BCUT2D eigenvalue weighted by molar-refractivity contribution is -0.139. The average Bonchev–Trinajstić information content (AvgIpc) is 2.47. The third kappa shape index (κ3) is 4.84. The maximum Gasteiger partial charge on any atom is 0.317 e. The molecule has 1 saturated carbocycles. The Balaban J connectivity index is 1.66. The number of benzene rings is 1. The van der Waals surface area contributed by atoms with Crippen molar-refractivity contribution in [3.63, 3.8) is 0 Å². The summed E-state index contributed by atoms with van der Waals surface area (Å²) in [6.45, 7) is 2.77. The predicted molar refractivity (Wildman–Crippen MR) is 84.6 cm³/mol. The van der Waals surface area contributed by atoms with Gasteiger partial charge in [-0.15, -0.1) is 0 Å². The van der Waals surface area contributed by atoms with Crippen molar-refractivity contribution in [2.24, 2.45) is 0 Å². The van der Waals surface area contributed by atoms with Gasteiger partial charge in [-0.25, -0.2) is 0 Å². The van der Waals surface area contributed by atoms with Crippen molar-refractivity contribution >= 4 is 11.9 Å². The van der Waals surface area contributed by atoms with Crippen LogP contribution in [-0.4, -0.2) is 47.1 Å². The van der Waals surface area contributed by atoms with Gasteiger partial charge in [-0.3, -0.25) is 14.5 Å². The quantitative estimate of drug-likeness (QED) is 0.766. The van der Waals surface area contributed by atoms with Crippen molar-refractivity contribution in [3.8, 4) is 0 Å². The molecule has 1 aromatic carbocycles. The number of likely N-dealkylation sites (N-methyl/N-ethyl adjacent to an activating group) is 1. The van der Waals surface area contributed by atoms with Gasteiger partial charge < -0.3 is 10.4 Å². The molecule has 5 heteroatoms. The van der Waals surface area contributed by atoms with Crippen LogP contribution >= 0.6 is 0 Å². The number of carbonyl (C=O) groups is 2. The summed E-state index contributed by atoms with van der Waals surface area (Å²) in [6.07, 6.45) is 2.94. The second-order valence-electron chi connectivity index (χ2n) is 5.83. The van der Waals surface area contributed by atoms with Crippen LogP contribution in [0.1, 0.15) is 31.7 Å². The van der Waals surface area contributed by atoms with E-state index in [9.17, 15) is 9.59 Å². The SMILES string of the molecule is CCN(CC(=O)O)C1CC(NC(=O)CCc2ccccc2)C1. The molecular weight excluding hydrogens is 280 g/mol. The van der Waals surface area contributed by atoms with Crippen LogP contribution < -0.4 is 5.32 Å². The molecule has 0 atom stereocenters. The van der Waals surface area contributed by atoms with Gasteiger partial charge in [-0.1, -0.05) is 37.3 Å². The maximum atomic E-state index is 11.9. The summed E-state index contributed by atoms with van der Waals surface area (Å²) in [4.78, 5) is 24.7. The van der Waals surface area contributed by atoms with Crippen LogP contribution in [0.2, 0.25) is 0 Å². The average molecular weight is 304 g/mol. The number of carbonyl (C=O) groups excluding carboxylic acids is 1. The van der Waals surface area contributed by atoms with Gasteiger partial charge in [-0.2, -0.15) is 0 Å². The fraction of sp³-hybridized carbons (Fsp3) is 0.529. The molecule has 2 rings (SSSR count). The Labute approximate surface area is 131 Å². The smallest absolute Gasteiger partial charge is 0.317 e. The van der Waals surface area contributed by atoms with Crippen molar-refractivity contribution in [1.82, 2.24) is 10.2 Å². The highest BCUT2D eigenvalue weighted by atomic mass is 16.4. The number of hydrogen-bond acceptors (Lipinski definition) is 3. The Bertz CT molecular complexity index is 498. The van der Waals surface area contributed by atoms with E-state index in [0.717, 1.165) is 25.8 Å². The molecule has 0 aromatic heterocycles. The number of carboxylic acids is 1. The zero-order valence-corrected chi connectivity index (χ0v) is 13.0. The van der Waals surface area contributed by atoms with Gasteiger partial charge in [0.1, 0.15) is 0 Å². The van der Waals surface area contributed by atoms with E-state index in [-0.39, 0.29) is 24.5 Å². The van der Waals surface area contributed by atoms with Crippen LogP contribution in [-0.2, 0) is 16.0 Å². The van der Waals surface area contributed by atoms with Crippen molar-refractivity contribution in [3.05, 3.63) is 35.9 Å². The van der Waals surface area contributed by atoms with E-state index in [0.29, 0.717) is 6.42 Å². The summed E-state index contributed by atoms with van der Waals surface area (Å²) in [5.41, 5.74) is 1.17. The number of nitrogens with zero attached hydrogens (tertiary/aromatic N) is 1. The molecule has 1 amide bonds. The van der Waals surface area contributed by atoms with E-state index in [4.69, 9.17) is 5.11 Å². The summed E-state index contributed by atoms with van der Waals surface area (Å²) in [7, 11) is 0. The second kappa shape index (κ2) is 7.94. The minimum Gasteiger partial charge on any atom is -0.480 e. The standard InChI is InChI=1S/C17H24N2O3/c1-2-19(12-17(21)22)15-10-14(11-15)18-16(20)9-8-13-6-4-3-5-7-13/h3-7,14-15H,2,8-12H2,1H3,(H,18,20)(H,21,22). The Morgan fingerprint density at radius 1 is 1.27 bits per heavy atom. The Morgan fingerprint density at radius 3 is 2.55 bits per heavy atom. The molecule has 0 unspecified atom stereocenters. The zero-order chi connectivity index (χ0) is 15.9. The number of aliphatic carboxylic acids is 1. The molecule has 1 aliphatic carbocycles. The molecule has 0 saturated heterocycles. The van der Waals surface area contributed by atoms with Crippen LogP contribution in [0.5, 0.6) is 0 Å². The maximum absolute atomic E-state index is 11.9. The number of nitrogens with one attached hydrogen (secondary N) is 1. The lowest BCUT2D eigenvalue weighted by Gasteiger charge is -2.42. The van der Waals surface area contributed by atoms with E-state index < -0.39 is 5.97 Å². The number of hydrogen-bond donors (Lipinski definition) is 2. The molecule has 120 valence electrons. The first kappa shape index (κ1) is 16.5. The molecule has 22 heavy (non-hydrogen) atoms. The molecule has 0 bridgehead atoms. The normalized spacial score (nSPS) is 20.5. The van der Waals surface area contributed by atoms with E-state index in [1.165, 1.54) is 5.56 Å². The van der Waals surface area contributed by atoms with Gasteiger partial charge in [0.25, 0.3) is 0 Å². The molecule has 0 heterocycles. The minimum absolute atomic E-state index is 0.0774. The fourth-order valence-corrected chi connectivity index (χ4v) is 2.88. The van der Waals surface area contributed by atoms with Crippen LogP contribution in [0.3, 0.4) is 0 Å². The van der Waals surface area contributed by atoms with Gasteiger partial charge in [-0.05, 0) is 31.4 Å². The molecule has 0 aliphatic heterocycles. The van der Waals surface area contributed by atoms with Crippen molar-refractivity contribution in [2.75, 3.05) is 13.1 Å². The monoisotopic (exact) mass is 304 g/mol. The summed E-state index contributed by atoms with van der Waals surface area (Å²) in [5.74, 6) is -0.717. The highest BCUT2D eigenvalue weighted by molar-refractivity contribution is 5.76. The van der Waals surface area contributed by atoms with Gasteiger partial charge >= 0.3 is 5.97 Å². The molecular formula is C17H24N2O3. The lowest BCUT2D eigenvalue weighted by atomic mass is 9.85. The van der Waals surface area contributed by atoms with Gasteiger partial charge in [0, 0.05) is 18.5 Å². The zero-order valence-electron chi connectivity index (χ0n) is 13.0. The number of aryl methyl sites for hydroxylation is 1. The van der Waals surface area contributed by atoms with E-state index in [2.05, 4.69) is 5.32 Å². The molecule has 0 radical (unpaired) electrons. The van der Waals surface area contributed by atoms with Gasteiger partial charge in [0.2, 0.25) is 5.91 Å². The Morgan fingerprint density at radius 2 is 1.95 bits per heavy atom. The number of rotatable bonds is 8. The highest BCUT2D eigenvalue weighted by Crippen LogP contribution is 2.25. The number of amides is 1. The van der Waals surface area contributed by atoms with E-state index in [1.54, 1.807) is 0 Å². The second-order valence-corrected chi connectivity index (χ2v) is 5.83. The van der Waals surface area contributed by atoms with Crippen LogP contribution in [0.25, 0.3) is 0 Å². The molecule has 5 nitrogen and oxygen atoms in total. The third-order valence-corrected chi connectivity index (χ3v) is 4.22. The predicted octanol–water partition coefficient (Wildman–Crippen LogP) is 1.67. The first-order valence-electron chi connectivity index (χ1n) is 7.87. The molecule has 1 aromatic rings. The van der Waals surface area contributed by atoms with Gasteiger partial charge in [0.15, 0.2) is 0 Å². The van der Waals surface area contributed by atoms with E-state index in [1.807, 2.05) is 42.2 Å². The number of carboxylic acid groups (broad SMARTS) is 1. The minimum atomic E-state index is -0.794. The fourth-order valence-electron chi connectivity index (χ4n) is 2.88.